The molecule has 0 nitrogen and oxygen atoms in total. The van der Waals surface area contributed by atoms with Gasteiger partial charge in [-0.15, -0.1) is 0 Å². The van der Waals surface area contributed by atoms with Crippen molar-refractivity contribution in [3.05, 3.63) is 58.3 Å². The molecule has 0 saturated carbocycles. The maximum absolute atomic E-state index is 13.0. The summed E-state index contributed by atoms with van der Waals surface area (Å²) in [6.07, 6.45) is 0. The lowest BCUT2D eigenvalue weighted by molar-refractivity contribution is 0.448. The van der Waals surface area contributed by atoms with Crippen LogP contribution in [0.1, 0.15) is 0 Å². The molecule has 0 spiro atoms. The van der Waals surface area contributed by atoms with Gasteiger partial charge < -0.3 is 0 Å². The molecule has 0 N–H and O–H groups in total. The van der Waals surface area contributed by atoms with Crippen molar-refractivity contribution in [1.29, 1.82) is 0 Å². The molecular weight excluding hydrogens is 281 g/mol. The molecule has 0 saturated heterocycles. The molecule has 16 heavy (non-hydrogen) atoms. The lowest BCUT2D eigenvalue weighted by atomic mass is 10.1. The van der Waals surface area contributed by atoms with Gasteiger partial charge in [0.15, 0.2) is 17.5 Å². The predicted octanol–water partition coefficient (Wildman–Crippen LogP) is 4.53. The van der Waals surface area contributed by atoms with E-state index in [0.29, 0.717) is 11.1 Å². The van der Waals surface area contributed by atoms with E-state index in [1.165, 1.54) is 0 Å². The van der Waals surface area contributed by atoms with E-state index in [9.17, 15) is 13.2 Å². The fraction of sp³-hybridized carbons (Fsp3) is 0. The summed E-state index contributed by atoms with van der Waals surface area (Å²) in [6, 6.07) is 8.82. The van der Waals surface area contributed by atoms with Gasteiger partial charge in [-0.1, -0.05) is 28.1 Å². The summed E-state index contributed by atoms with van der Waals surface area (Å²) in [5.74, 6) is -3.81. The van der Waals surface area contributed by atoms with Crippen molar-refractivity contribution in [2.75, 3.05) is 0 Å². The Bertz CT molecular complexity index is 497. The van der Waals surface area contributed by atoms with Crippen LogP contribution in [0.25, 0.3) is 11.1 Å². The molecule has 0 aliphatic rings. The van der Waals surface area contributed by atoms with E-state index < -0.39 is 17.5 Å². The highest BCUT2D eigenvalue weighted by Gasteiger charge is 2.11. The van der Waals surface area contributed by atoms with Crippen LogP contribution < -0.4 is 0 Å². The van der Waals surface area contributed by atoms with Crippen LogP contribution in [-0.4, -0.2) is 0 Å². The summed E-state index contributed by atoms with van der Waals surface area (Å²) in [4.78, 5) is 0. The quantitative estimate of drug-likeness (QED) is 0.676. The molecular formula is C12H6BrF3. The molecule has 2 aromatic carbocycles. The Labute approximate surface area is 98.9 Å². The van der Waals surface area contributed by atoms with Crippen molar-refractivity contribution < 1.29 is 13.2 Å². The first kappa shape index (κ1) is 11.2. The molecule has 0 unspecified atom stereocenters. The van der Waals surface area contributed by atoms with Gasteiger partial charge in [0.2, 0.25) is 0 Å². The minimum atomic E-state index is -1.44. The van der Waals surface area contributed by atoms with Crippen molar-refractivity contribution >= 4 is 15.9 Å². The summed E-state index contributed by atoms with van der Waals surface area (Å²) in [7, 11) is 0. The van der Waals surface area contributed by atoms with Crippen molar-refractivity contribution in [3.8, 4) is 11.1 Å². The lowest BCUT2D eigenvalue weighted by Crippen LogP contribution is -1.91. The van der Waals surface area contributed by atoms with Gasteiger partial charge in [0.05, 0.1) is 0 Å². The maximum atomic E-state index is 13.0. The predicted molar refractivity (Wildman–Crippen MR) is 59.5 cm³/mol. The number of hydrogen-bond acceptors (Lipinski definition) is 0. The topological polar surface area (TPSA) is 0 Å². The zero-order valence-electron chi connectivity index (χ0n) is 7.98. The molecule has 2 rings (SSSR count). The highest BCUT2D eigenvalue weighted by atomic mass is 79.9. The third-order valence-electron chi connectivity index (χ3n) is 2.16. The van der Waals surface area contributed by atoms with Gasteiger partial charge in [0, 0.05) is 4.47 Å². The third-order valence-corrected chi connectivity index (χ3v) is 2.69. The van der Waals surface area contributed by atoms with Gasteiger partial charge in [0.1, 0.15) is 0 Å². The smallest absolute Gasteiger partial charge is 0.194 e. The van der Waals surface area contributed by atoms with Crippen molar-refractivity contribution in [1.82, 2.24) is 0 Å². The first-order valence-electron chi connectivity index (χ1n) is 4.48. The van der Waals surface area contributed by atoms with E-state index in [4.69, 9.17) is 0 Å². The van der Waals surface area contributed by atoms with E-state index >= 15 is 0 Å². The van der Waals surface area contributed by atoms with Crippen LogP contribution in [0.5, 0.6) is 0 Å². The molecule has 0 bridgehead atoms. The first-order chi connectivity index (χ1) is 7.58. The Kier molecular flexibility index (Phi) is 3.01. The highest BCUT2D eigenvalue weighted by Crippen LogP contribution is 2.25. The zero-order valence-corrected chi connectivity index (χ0v) is 9.56. The molecule has 0 aliphatic carbocycles. The molecule has 0 radical (unpaired) electrons. The SMILES string of the molecule is Fc1cc(-c2ccc(Br)cc2)cc(F)c1F. The molecule has 0 aromatic heterocycles. The molecule has 0 amide bonds. The van der Waals surface area contributed by atoms with Gasteiger partial charge in [-0.2, -0.15) is 0 Å². The Morgan fingerprint density at radius 1 is 0.750 bits per heavy atom. The van der Waals surface area contributed by atoms with Gasteiger partial charge in [-0.3, -0.25) is 0 Å². The van der Waals surface area contributed by atoms with Gasteiger partial charge in [-0.05, 0) is 35.4 Å². The second-order valence-electron chi connectivity index (χ2n) is 3.26. The number of benzene rings is 2. The molecule has 0 fully saturated rings. The zero-order chi connectivity index (χ0) is 11.7. The largest absolute Gasteiger partial charge is 0.204 e. The average Bonchev–Trinajstić information content (AvgIpc) is 2.26. The van der Waals surface area contributed by atoms with Crippen LogP contribution in [-0.2, 0) is 0 Å². The van der Waals surface area contributed by atoms with Gasteiger partial charge in [0.25, 0.3) is 0 Å². The minimum Gasteiger partial charge on any atom is -0.204 e. The van der Waals surface area contributed by atoms with E-state index in [1.807, 2.05) is 0 Å². The average molecular weight is 287 g/mol. The Morgan fingerprint density at radius 3 is 1.75 bits per heavy atom. The maximum Gasteiger partial charge on any atom is 0.194 e. The summed E-state index contributed by atoms with van der Waals surface area (Å²) < 4.78 is 39.6. The Morgan fingerprint density at radius 2 is 1.25 bits per heavy atom. The van der Waals surface area contributed by atoms with E-state index in [2.05, 4.69) is 15.9 Å². The lowest BCUT2D eigenvalue weighted by Gasteiger charge is -2.03. The Hall–Kier alpha value is -1.29. The molecule has 4 heteroatoms. The minimum absolute atomic E-state index is 0.309. The summed E-state index contributed by atoms with van der Waals surface area (Å²) in [5, 5.41) is 0. The van der Waals surface area contributed by atoms with E-state index in [-0.39, 0.29) is 0 Å². The van der Waals surface area contributed by atoms with Gasteiger partial charge in [-0.25, -0.2) is 13.2 Å². The molecule has 0 aliphatic heterocycles. The van der Waals surface area contributed by atoms with Crippen LogP contribution in [0, 0.1) is 17.5 Å². The number of halogens is 4. The molecule has 0 heterocycles. The number of hydrogen-bond donors (Lipinski definition) is 0. The van der Waals surface area contributed by atoms with E-state index in [0.717, 1.165) is 16.6 Å². The van der Waals surface area contributed by atoms with Crippen LogP contribution in [0.2, 0.25) is 0 Å². The fourth-order valence-electron chi connectivity index (χ4n) is 1.36. The number of rotatable bonds is 1. The van der Waals surface area contributed by atoms with Crippen molar-refractivity contribution in [3.63, 3.8) is 0 Å². The molecule has 0 atom stereocenters. The second-order valence-corrected chi connectivity index (χ2v) is 4.18. The Balaban J connectivity index is 2.52. The summed E-state index contributed by atoms with van der Waals surface area (Å²) in [6.45, 7) is 0. The standard InChI is InChI=1S/C12H6BrF3/c13-9-3-1-7(2-4-9)8-5-10(14)12(16)11(15)6-8/h1-6H. The van der Waals surface area contributed by atoms with E-state index in [1.54, 1.807) is 24.3 Å². The molecule has 2 aromatic rings. The molecule has 82 valence electrons. The van der Waals surface area contributed by atoms with Crippen LogP contribution in [0.3, 0.4) is 0 Å². The first-order valence-corrected chi connectivity index (χ1v) is 5.27. The summed E-state index contributed by atoms with van der Waals surface area (Å²) in [5.41, 5.74) is 0.935. The van der Waals surface area contributed by atoms with Crippen LogP contribution >= 0.6 is 15.9 Å². The monoisotopic (exact) mass is 286 g/mol. The fourth-order valence-corrected chi connectivity index (χ4v) is 1.63. The normalized spacial score (nSPS) is 10.5. The van der Waals surface area contributed by atoms with Crippen molar-refractivity contribution in [2.45, 2.75) is 0 Å². The van der Waals surface area contributed by atoms with Gasteiger partial charge >= 0.3 is 0 Å². The second kappa shape index (κ2) is 4.29. The van der Waals surface area contributed by atoms with Crippen LogP contribution in [0.15, 0.2) is 40.9 Å². The van der Waals surface area contributed by atoms with Crippen LogP contribution in [0.4, 0.5) is 13.2 Å². The van der Waals surface area contributed by atoms with Crippen molar-refractivity contribution in [2.24, 2.45) is 0 Å². The third kappa shape index (κ3) is 2.11. The highest BCUT2D eigenvalue weighted by molar-refractivity contribution is 9.10. The summed E-state index contributed by atoms with van der Waals surface area (Å²) >= 11 is 3.25.